The third-order valence-corrected chi connectivity index (χ3v) is 10.1. The van der Waals surface area contributed by atoms with Crippen LogP contribution in [0.5, 0.6) is 0 Å². The van der Waals surface area contributed by atoms with E-state index < -0.39 is 17.4 Å². The molecular weight excluding hydrogens is 382 g/mol. The molecule has 0 aromatic rings. The monoisotopic (exact) mass is 427 g/mol. The third kappa shape index (κ3) is 15.7. The van der Waals surface area contributed by atoms with E-state index in [1.807, 2.05) is 27.3 Å². The van der Waals surface area contributed by atoms with Crippen LogP contribution in [-0.4, -0.2) is 77.6 Å². The quantitative estimate of drug-likeness (QED) is 0.237. The SMILES string of the molecule is CCO[Si](CCCNCCN)(OCC)OCC.CO[Si](C)(CCCN)OC. The van der Waals surface area contributed by atoms with Crippen molar-refractivity contribution in [3.8, 4) is 0 Å². The molecule has 5 N–H and O–H groups in total. The molecule has 0 fully saturated rings. The van der Waals surface area contributed by atoms with E-state index in [1.165, 1.54) is 0 Å². The van der Waals surface area contributed by atoms with Crippen LogP contribution in [0, 0.1) is 0 Å². The molecule has 0 aromatic heterocycles. The van der Waals surface area contributed by atoms with Crippen LogP contribution in [0.3, 0.4) is 0 Å². The molecule has 0 aromatic carbocycles. The van der Waals surface area contributed by atoms with Crippen LogP contribution in [0.1, 0.15) is 33.6 Å². The second-order valence-corrected chi connectivity index (χ2v) is 12.4. The molecule has 0 radical (unpaired) electrons. The highest BCUT2D eigenvalue weighted by molar-refractivity contribution is 6.65. The van der Waals surface area contributed by atoms with Crippen LogP contribution < -0.4 is 16.8 Å². The zero-order valence-corrected chi connectivity index (χ0v) is 20.5. The summed E-state index contributed by atoms with van der Waals surface area (Å²) >= 11 is 0. The van der Waals surface area contributed by atoms with Gasteiger partial charge in [0.25, 0.3) is 0 Å². The van der Waals surface area contributed by atoms with Crippen molar-refractivity contribution in [2.24, 2.45) is 11.5 Å². The fourth-order valence-corrected chi connectivity index (χ4v) is 6.40. The molecule has 0 aliphatic carbocycles. The minimum Gasteiger partial charge on any atom is -0.398 e. The predicted octanol–water partition coefficient (Wildman–Crippen LogP) is 1.67. The highest BCUT2D eigenvalue weighted by atomic mass is 28.4. The van der Waals surface area contributed by atoms with Crippen LogP contribution in [-0.2, 0) is 22.1 Å². The summed E-state index contributed by atoms with van der Waals surface area (Å²) in [6.07, 6.45) is 1.98. The number of hydrogen-bond donors (Lipinski definition) is 3. The smallest absolute Gasteiger partial charge is 0.398 e. The van der Waals surface area contributed by atoms with E-state index in [0.717, 1.165) is 44.6 Å². The molecule has 0 unspecified atom stereocenters. The van der Waals surface area contributed by atoms with Crippen LogP contribution in [0.15, 0.2) is 0 Å². The van der Waals surface area contributed by atoms with Crippen molar-refractivity contribution in [1.29, 1.82) is 0 Å². The summed E-state index contributed by atoms with van der Waals surface area (Å²) in [5.41, 5.74) is 10.8. The Kier molecular flexibility index (Phi) is 21.1. The van der Waals surface area contributed by atoms with Crippen molar-refractivity contribution in [2.75, 3.05) is 60.2 Å². The first kappa shape index (κ1) is 29.3. The van der Waals surface area contributed by atoms with Crippen LogP contribution in [0.2, 0.25) is 18.6 Å². The summed E-state index contributed by atoms with van der Waals surface area (Å²) in [5.74, 6) is 0. The molecule has 27 heavy (non-hydrogen) atoms. The van der Waals surface area contributed by atoms with Gasteiger partial charge in [0.2, 0.25) is 0 Å². The van der Waals surface area contributed by atoms with Crippen LogP contribution in [0.25, 0.3) is 0 Å². The normalized spacial score (nSPS) is 12.0. The number of nitrogens with two attached hydrogens (primary N) is 2. The van der Waals surface area contributed by atoms with Crippen molar-refractivity contribution in [3.63, 3.8) is 0 Å². The Balaban J connectivity index is 0. The number of hydrogen-bond acceptors (Lipinski definition) is 8. The fourth-order valence-electron chi connectivity index (χ4n) is 2.37. The Morgan fingerprint density at radius 3 is 1.63 bits per heavy atom. The zero-order valence-electron chi connectivity index (χ0n) is 18.5. The van der Waals surface area contributed by atoms with Gasteiger partial charge in [-0.05, 0) is 59.3 Å². The topological polar surface area (TPSA) is 110 Å². The van der Waals surface area contributed by atoms with Crippen molar-refractivity contribution in [1.82, 2.24) is 5.32 Å². The standard InChI is InChI=1S/C11H28N2O3Si.C6H17NO2Si/c1-4-14-17(15-5-2,16-6-3)11-7-9-13-10-8-12;1-8-10(3,9-2)6-4-5-7/h13H,4-12H2,1-3H3;4-7H2,1-3H3. The maximum absolute atomic E-state index is 5.76. The van der Waals surface area contributed by atoms with E-state index in [4.69, 9.17) is 33.6 Å². The van der Waals surface area contributed by atoms with Crippen molar-refractivity contribution < 1.29 is 22.1 Å². The molecule has 166 valence electrons. The van der Waals surface area contributed by atoms with Gasteiger partial charge in [0, 0.05) is 53.2 Å². The van der Waals surface area contributed by atoms with E-state index in [1.54, 1.807) is 14.2 Å². The van der Waals surface area contributed by atoms with Gasteiger partial charge in [-0.3, -0.25) is 0 Å². The first-order chi connectivity index (χ1) is 12.9. The first-order valence-corrected chi connectivity index (χ1v) is 14.5. The maximum atomic E-state index is 5.76. The zero-order chi connectivity index (χ0) is 21.0. The Morgan fingerprint density at radius 1 is 0.741 bits per heavy atom. The fraction of sp³-hybridized carbons (Fsp3) is 1.00. The lowest BCUT2D eigenvalue weighted by atomic mass is 10.5. The van der Waals surface area contributed by atoms with Gasteiger partial charge in [0.15, 0.2) is 0 Å². The second kappa shape index (κ2) is 19.4. The lowest BCUT2D eigenvalue weighted by Crippen LogP contribution is -2.46. The Morgan fingerprint density at radius 2 is 1.26 bits per heavy atom. The molecule has 0 spiro atoms. The average molecular weight is 428 g/mol. The molecule has 0 aliphatic heterocycles. The van der Waals surface area contributed by atoms with Gasteiger partial charge in [0.1, 0.15) is 0 Å². The third-order valence-electron chi connectivity index (χ3n) is 3.95. The van der Waals surface area contributed by atoms with Gasteiger partial charge in [-0.2, -0.15) is 0 Å². The molecule has 0 saturated heterocycles. The minimum atomic E-state index is -2.43. The Labute approximate surface area is 169 Å². The lowest BCUT2D eigenvalue weighted by Gasteiger charge is -2.28. The summed E-state index contributed by atoms with van der Waals surface area (Å²) in [7, 11) is -0.824. The molecular formula is C17H45N3O5Si2. The first-order valence-electron chi connectivity index (χ1n) is 10.1. The molecule has 0 rings (SSSR count). The van der Waals surface area contributed by atoms with E-state index in [0.29, 0.717) is 26.4 Å². The second-order valence-electron chi connectivity index (χ2n) is 6.06. The van der Waals surface area contributed by atoms with Gasteiger partial charge >= 0.3 is 17.4 Å². The summed E-state index contributed by atoms with van der Waals surface area (Å²) in [5, 5.41) is 3.26. The highest BCUT2D eigenvalue weighted by Gasteiger charge is 2.39. The average Bonchev–Trinajstić information content (AvgIpc) is 2.67. The van der Waals surface area contributed by atoms with E-state index in [2.05, 4.69) is 5.32 Å². The highest BCUT2D eigenvalue weighted by Crippen LogP contribution is 2.17. The molecule has 10 heteroatoms. The molecule has 0 bridgehead atoms. The van der Waals surface area contributed by atoms with Gasteiger partial charge in [-0.1, -0.05) is 0 Å². The summed E-state index contributed by atoms with van der Waals surface area (Å²) in [6.45, 7) is 13.1. The largest absolute Gasteiger partial charge is 0.500 e. The van der Waals surface area contributed by atoms with Gasteiger partial charge in [-0.15, -0.1) is 0 Å². The van der Waals surface area contributed by atoms with Gasteiger partial charge < -0.3 is 38.9 Å². The summed E-state index contributed by atoms with van der Waals surface area (Å²) < 4.78 is 27.8. The van der Waals surface area contributed by atoms with E-state index in [-0.39, 0.29) is 0 Å². The Bertz CT molecular complexity index is 297. The van der Waals surface area contributed by atoms with Gasteiger partial charge in [0.05, 0.1) is 0 Å². The number of nitrogens with one attached hydrogen (secondary N) is 1. The predicted molar refractivity (Wildman–Crippen MR) is 116 cm³/mol. The molecule has 0 amide bonds. The minimum absolute atomic E-state index is 0.641. The summed E-state index contributed by atoms with van der Waals surface area (Å²) in [4.78, 5) is 0. The van der Waals surface area contributed by atoms with Crippen LogP contribution in [0.4, 0.5) is 0 Å². The molecule has 0 aliphatic rings. The van der Waals surface area contributed by atoms with Crippen molar-refractivity contribution >= 4 is 17.4 Å². The molecule has 8 nitrogen and oxygen atoms in total. The molecule has 0 heterocycles. The van der Waals surface area contributed by atoms with E-state index in [9.17, 15) is 0 Å². The van der Waals surface area contributed by atoms with Crippen LogP contribution >= 0.6 is 0 Å². The van der Waals surface area contributed by atoms with Crippen molar-refractivity contribution in [2.45, 2.75) is 52.2 Å². The lowest BCUT2D eigenvalue weighted by molar-refractivity contribution is 0.0708. The molecule has 0 saturated carbocycles. The van der Waals surface area contributed by atoms with Gasteiger partial charge in [-0.25, -0.2) is 0 Å². The van der Waals surface area contributed by atoms with Crippen molar-refractivity contribution in [3.05, 3.63) is 0 Å². The molecule has 0 atom stereocenters. The number of rotatable bonds is 17. The van der Waals surface area contributed by atoms with E-state index >= 15 is 0 Å². The Hall–Kier alpha value is 0.114. The maximum Gasteiger partial charge on any atom is 0.500 e. The summed E-state index contributed by atoms with van der Waals surface area (Å²) in [6, 6.07) is 1.84.